The molecule has 0 saturated carbocycles. The number of carbonyl (C=O) groups is 1. The van der Waals surface area contributed by atoms with Crippen molar-refractivity contribution in [2.45, 2.75) is 36.6 Å². The zero-order valence-electron chi connectivity index (χ0n) is 16.8. The van der Waals surface area contributed by atoms with Gasteiger partial charge >= 0.3 is 0 Å². The number of hydrogen-bond acceptors (Lipinski definition) is 4. The highest BCUT2D eigenvalue weighted by Crippen LogP contribution is 2.28. The molecule has 2 aliphatic rings. The minimum atomic E-state index is -3.55. The second kappa shape index (κ2) is 9.06. The van der Waals surface area contributed by atoms with Crippen molar-refractivity contribution in [1.29, 1.82) is 0 Å². The summed E-state index contributed by atoms with van der Waals surface area (Å²) in [5, 5.41) is 0.509. The van der Waals surface area contributed by atoms with Crippen molar-refractivity contribution in [3.8, 4) is 0 Å². The summed E-state index contributed by atoms with van der Waals surface area (Å²) in [6.07, 6.45) is 2.86. The van der Waals surface area contributed by atoms with Crippen LogP contribution in [0.2, 0.25) is 5.02 Å². The lowest BCUT2D eigenvalue weighted by Gasteiger charge is -2.32. The molecule has 0 spiro atoms. The first-order valence-corrected chi connectivity index (χ1v) is 12.2. The Morgan fingerprint density at radius 2 is 1.73 bits per heavy atom. The molecule has 2 aromatic rings. The van der Waals surface area contributed by atoms with E-state index in [9.17, 15) is 13.2 Å². The Balaban J connectivity index is 1.24. The van der Waals surface area contributed by atoms with Gasteiger partial charge in [0.1, 0.15) is 0 Å². The summed E-state index contributed by atoms with van der Waals surface area (Å²) in [5.74, 6) is 0.158. The van der Waals surface area contributed by atoms with Gasteiger partial charge in [-0.05, 0) is 68.2 Å². The lowest BCUT2D eigenvalue weighted by atomic mass is 10.1. The Kier molecular flexibility index (Phi) is 6.43. The average Bonchev–Trinajstić information content (AvgIpc) is 3.17. The molecule has 1 saturated heterocycles. The summed E-state index contributed by atoms with van der Waals surface area (Å²) in [6.45, 7) is 3.01. The third kappa shape index (κ3) is 4.86. The van der Waals surface area contributed by atoms with Crippen LogP contribution >= 0.6 is 11.6 Å². The Hall–Kier alpha value is -1.93. The summed E-state index contributed by atoms with van der Waals surface area (Å²) in [4.78, 5) is 17.0. The van der Waals surface area contributed by atoms with Gasteiger partial charge in [0.15, 0.2) is 0 Å². The fraction of sp³-hybridized carbons (Fsp3) is 0.409. The van der Waals surface area contributed by atoms with E-state index in [2.05, 4.69) is 15.7 Å². The Morgan fingerprint density at radius 1 is 1.03 bits per heavy atom. The van der Waals surface area contributed by atoms with E-state index in [1.165, 1.54) is 17.7 Å². The van der Waals surface area contributed by atoms with Crippen LogP contribution in [0.3, 0.4) is 0 Å². The summed E-state index contributed by atoms with van der Waals surface area (Å²) < 4.78 is 27.9. The second-order valence-electron chi connectivity index (χ2n) is 7.87. The van der Waals surface area contributed by atoms with E-state index >= 15 is 0 Å². The number of rotatable bonds is 6. The summed E-state index contributed by atoms with van der Waals surface area (Å²) >= 11 is 5.84. The van der Waals surface area contributed by atoms with Crippen molar-refractivity contribution in [3.05, 3.63) is 59.1 Å². The number of fused-ring (bicyclic) bond motifs is 1. The van der Waals surface area contributed by atoms with E-state index in [1.54, 1.807) is 12.1 Å². The van der Waals surface area contributed by atoms with E-state index in [0.717, 1.165) is 44.6 Å². The number of likely N-dealkylation sites (tertiary alicyclic amines) is 1. The van der Waals surface area contributed by atoms with E-state index in [0.29, 0.717) is 18.0 Å². The number of anilines is 1. The average molecular weight is 448 g/mol. The van der Waals surface area contributed by atoms with Gasteiger partial charge in [0, 0.05) is 36.3 Å². The number of hydrogen-bond donors (Lipinski definition) is 1. The van der Waals surface area contributed by atoms with Gasteiger partial charge in [0.05, 0.1) is 4.90 Å². The number of amides is 1. The standard InChI is InChI=1S/C22H26ClN3O3S/c23-18-5-7-20(8-6-18)30(28,29)24-19-10-13-25(14-11-19)15-12-22(27)26-16-9-17-3-1-2-4-21(17)26/h1-8,19,24H,9-16H2. The van der Waals surface area contributed by atoms with Crippen molar-refractivity contribution >= 4 is 33.2 Å². The zero-order chi connectivity index (χ0) is 21.1. The smallest absolute Gasteiger partial charge is 0.240 e. The van der Waals surface area contributed by atoms with Crippen molar-refractivity contribution in [2.75, 3.05) is 31.1 Å². The fourth-order valence-corrected chi connectivity index (χ4v) is 5.59. The van der Waals surface area contributed by atoms with E-state index in [4.69, 9.17) is 11.6 Å². The van der Waals surface area contributed by atoms with Gasteiger partial charge in [-0.1, -0.05) is 29.8 Å². The van der Waals surface area contributed by atoms with Crippen LogP contribution in [0.15, 0.2) is 53.4 Å². The molecule has 160 valence electrons. The fourth-order valence-electron chi connectivity index (χ4n) is 4.16. The van der Waals surface area contributed by atoms with Gasteiger partial charge in [-0.25, -0.2) is 13.1 Å². The maximum atomic E-state index is 12.7. The van der Waals surface area contributed by atoms with E-state index in [-0.39, 0.29) is 16.8 Å². The molecule has 8 heteroatoms. The van der Waals surface area contributed by atoms with Crippen molar-refractivity contribution in [1.82, 2.24) is 9.62 Å². The maximum Gasteiger partial charge on any atom is 0.240 e. The van der Waals surface area contributed by atoms with Gasteiger partial charge in [-0.3, -0.25) is 4.79 Å². The third-order valence-electron chi connectivity index (χ3n) is 5.86. The minimum absolute atomic E-state index is 0.0944. The van der Waals surface area contributed by atoms with E-state index in [1.807, 2.05) is 23.1 Å². The van der Waals surface area contributed by atoms with Gasteiger partial charge < -0.3 is 9.80 Å². The lowest BCUT2D eigenvalue weighted by molar-refractivity contribution is -0.118. The molecule has 0 atom stereocenters. The minimum Gasteiger partial charge on any atom is -0.312 e. The molecule has 0 unspecified atom stereocenters. The second-order valence-corrected chi connectivity index (χ2v) is 10.0. The molecular formula is C22H26ClN3O3S. The molecule has 2 heterocycles. The maximum absolute atomic E-state index is 12.7. The highest BCUT2D eigenvalue weighted by atomic mass is 35.5. The molecule has 30 heavy (non-hydrogen) atoms. The van der Waals surface area contributed by atoms with Crippen LogP contribution < -0.4 is 9.62 Å². The Bertz CT molecular complexity index is 1000. The predicted octanol–water partition coefficient (Wildman–Crippen LogP) is 3.06. The highest BCUT2D eigenvalue weighted by Gasteiger charge is 2.27. The van der Waals surface area contributed by atoms with E-state index < -0.39 is 10.0 Å². The van der Waals surface area contributed by atoms with Crippen molar-refractivity contribution in [2.24, 2.45) is 0 Å². The van der Waals surface area contributed by atoms with Gasteiger partial charge in [0.25, 0.3) is 0 Å². The number of sulfonamides is 1. The molecule has 1 amide bonds. The SMILES string of the molecule is O=C(CCN1CCC(NS(=O)(=O)c2ccc(Cl)cc2)CC1)N1CCc2ccccc21. The van der Waals surface area contributed by atoms with Gasteiger partial charge in [-0.2, -0.15) is 0 Å². The monoisotopic (exact) mass is 447 g/mol. The quantitative estimate of drug-likeness (QED) is 0.738. The number of benzene rings is 2. The number of piperidine rings is 1. The molecule has 4 rings (SSSR count). The van der Waals surface area contributed by atoms with Crippen LogP contribution in [-0.4, -0.2) is 51.4 Å². The molecule has 1 fully saturated rings. The van der Waals surface area contributed by atoms with Crippen molar-refractivity contribution in [3.63, 3.8) is 0 Å². The number of nitrogens with zero attached hydrogens (tertiary/aromatic N) is 2. The molecule has 6 nitrogen and oxygen atoms in total. The topological polar surface area (TPSA) is 69.7 Å². The molecule has 0 radical (unpaired) electrons. The Labute approximate surface area is 182 Å². The Morgan fingerprint density at radius 3 is 2.47 bits per heavy atom. The van der Waals surface area contributed by atoms with Crippen LogP contribution in [0.1, 0.15) is 24.8 Å². The number of nitrogens with one attached hydrogen (secondary N) is 1. The number of para-hydroxylation sites is 1. The molecular weight excluding hydrogens is 422 g/mol. The lowest BCUT2D eigenvalue weighted by Crippen LogP contribution is -2.45. The number of halogens is 1. The predicted molar refractivity (Wildman–Crippen MR) is 118 cm³/mol. The summed E-state index contributed by atoms with van der Waals surface area (Å²) in [6, 6.07) is 14.2. The normalized spacial score (nSPS) is 17.8. The first-order chi connectivity index (χ1) is 14.4. The van der Waals surface area contributed by atoms with Crippen LogP contribution in [0.5, 0.6) is 0 Å². The van der Waals surface area contributed by atoms with Gasteiger partial charge in [0.2, 0.25) is 15.9 Å². The summed E-state index contributed by atoms with van der Waals surface area (Å²) in [5.41, 5.74) is 2.28. The molecule has 0 bridgehead atoms. The van der Waals surface area contributed by atoms with Crippen LogP contribution in [-0.2, 0) is 21.2 Å². The molecule has 2 aromatic carbocycles. The molecule has 0 aliphatic carbocycles. The van der Waals surface area contributed by atoms with Crippen LogP contribution in [0.4, 0.5) is 5.69 Å². The first-order valence-electron chi connectivity index (χ1n) is 10.3. The van der Waals surface area contributed by atoms with Crippen molar-refractivity contribution < 1.29 is 13.2 Å². The first kappa shape index (κ1) is 21.3. The number of carbonyl (C=O) groups excluding carboxylic acids is 1. The highest BCUT2D eigenvalue weighted by molar-refractivity contribution is 7.89. The zero-order valence-corrected chi connectivity index (χ0v) is 18.3. The third-order valence-corrected chi connectivity index (χ3v) is 7.65. The molecule has 1 N–H and O–H groups in total. The molecule has 2 aliphatic heterocycles. The van der Waals surface area contributed by atoms with Gasteiger partial charge in [-0.15, -0.1) is 0 Å². The van der Waals surface area contributed by atoms with Crippen LogP contribution in [0.25, 0.3) is 0 Å². The van der Waals surface area contributed by atoms with Crippen LogP contribution in [0, 0.1) is 0 Å². The summed E-state index contributed by atoms with van der Waals surface area (Å²) in [7, 11) is -3.55. The largest absolute Gasteiger partial charge is 0.312 e. The molecule has 0 aromatic heterocycles.